The van der Waals surface area contributed by atoms with Crippen LogP contribution in [0.5, 0.6) is 0 Å². The Kier molecular flexibility index (Phi) is 3.92. The standard InChI is InChI=1S/C16H22N2O2/c1-13-11-18(9-10-20-13)16(19)12-17-8-4-6-14-5-2-3-7-15(14)17/h2-3,5,7,13H,4,6,8-12H2,1H3/t13-/m1/s1. The lowest BCUT2D eigenvalue weighted by molar-refractivity contribution is -0.136. The van der Waals surface area contributed by atoms with E-state index in [2.05, 4.69) is 29.2 Å². The summed E-state index contributed by atoms with van der Waals surface area (Å²) in [6.45, 7) is 5.58. The molecule has 2 heterocycles. The fraction of sp³-hybridized carbons (Fsp3) is 0.562. The molecule has 0 radical (unpaired) electrons. The molecule has 4 nitrogen and oxygen atoms in total. The molecule has 1 amide bonds. The van der Waals surface area contributed by atoms with Crippen LogP contribution in [0.25, 0.3) is 0 Å². The Bertz CT molecular complexity index is 489. The van der Waals surface area contributed by atoms with Crippen LogP contribution in [0.1, 0.15) is 18.9 Å². The quantitative estimate of drug-likeness (QED) is 0.822. The third-order valence-corrected chi connectivity index (χ3v) is 4.13. The summed E-state index contributed by atoms with van der Waals surface area (Å²) in [6, 6.07) is 8.43. The van der Waals surface area contributed by atoms with Gasteiger partial charge >= 0.3 is 0 Å². The molecule has 0 unspecified atom stereocenters. The third-order valence-electron chi connectivity index (χ3n) is 4.13. The lowest BCUT2D eigenvalue weighted by Gasteiger charge is -2.35. The number of aryl methyl sites for hydroxylation is 1. The van der Waals surface area contributed by atoms with Crippen molar-refractivity contribution < 1.29 is 9.53 Å². The Morgan fingerprint density at radius 1 is 1.35 bits per heavy atom. The van der Waals surface area contributed by atoms with Gasteiger partial charge in [0.25, 0.3) is 0 Å². The van der Waals surface area contributed by atoms with Gasteiger partial charge in [0.15, 0.2) is 0 Å². The molecule has 1 atom stereocenters. The van der Waals surface area contributed by atoms with Crippen LogP contribution < -0.4 is 4.90 Å². The van der Waals surface area contributed by atoms with Gasteiger partial charge < -0.3 is 14.5 Å². The van der Waals surface area contributed by atoms with Gasteiger partial charge in [-0.15, -0.1) is 0 Å². The van der Waals surface area contributed by atoms with Crippen molar-refractivity contribution >= 4 is 11.6 Å². The van der Waals surface area contributed by atoms with E-state index in [9.17, 15) is 4.79 Å². The van der Waals surface area contributed by atoms with E-state index in [-0.39, 0.29) is 12.0 Å². The smallest absolute Gasteiger partial charge is 0.242 e. The Balaban J connectivity index is 1.68. The zero-order valence-corrected chi connectivity index (χ0v) is 12.0. The molecule has 0 saturated carbocycles. The van der Waals surface area contributed by atoms with Gasteiger partial charge in [0.05, 0.1) is 19.3 Å². The first-order valence-corrected chi connectivity index (χ1v) is 7.46. The summed E-state index contributed by atoms with van der Waals surface area (Å²) in [6.07, 6.45) is 2.40. The van der Waals surface area contributed by atoms with E-state index in [1.807, 2.05) is 11.8 Å². The molecule has 0 bridgehead atoms. The van der Waals surface area contributed by atoms with E-state index in [1.54, 1.807) is 0 Å². The molecule has 1 fully saturated rings. The molecule has 0 aromatic heterocycles. The Morgan fingerprint density at radius 3 is 3.05 bits per heavy atom. The molecule has 1 aromatic carbocycles. The highest BCUT2D eigenvalue weighted by Crippen LogP contribution is 2.26. The van der Waals surface area contributed by atoms with E-state index in [0.717, 1.165) is 25.9 Å². The van der Waals surface area contributed by atoms with Crippen LogP contribution in [0.4, 0.5) is 5.69 Å². The number of hydrogen-bond acceptors (Lipinski definition) is 3. The zero-order chi connectivity index (χ0) is 13.9. The van der Waals surface area contributed by atoms with Gasteiger partial charge in [-0.2, -0.15) is 0 Å². The van der Waals surface area contributed by atoms with E-state index >= 15 is 0 Å². The first kappa shape index (κ1) is 13.4. The second kappa shape index (κ2) is 5.83. The molecular weight excluding hydrogens is 252 g/mol. The number of carbonyl (C=O) groups excluding carboxylic acids is 1. The van der Waals surface area contributed by atoms with E-state index < -0.39 is 0 Å². The zero-order valence-electron chi connectivity index (χ0n) is 12.0. The molecular formula is C16H22N2O2. The van der Waals surface area contributed by atoms with Gasteiger partial charge in [0, 0.05) is 25.3 Å². The molecule has 1 saturated heterocycles. The normalized spacial score (nSPS) is 22.6. The van der Waals surface area contributed by atoms with Crippen molar-refractivity contribution in [1.29, 1.82) is 0 Å². The van der Waals surface area contributed by atoms with E-state index in [1.165, 1.54) is 11.3 Å². The lowest BCUT2D eigenvalue weighted by Crippen LogP contribution is -2.49. The van der Waals surface area contributed by atoms with E-state index in [4.69, 9.17) is 4.74 Å². The number of fused-ring (bicyclic) bond motifs is 1. The summed E-state index contributed by atoms with van der Waals surface area (Å²) in [4.78, 5) is 16.6. The number of para-hydroxylation sites is 1. The number of nitrogens with zero attached hydrogens (tertiary/aromatic N) is 2. The van der Waals surface area contributed by atoms with Crippen molar-refractivity contribution in [2.75, 3.05) is 37.7 Å². The molecule has 3 rings (SSSR count). The molecule has 1 aromatic rings. The van der Waals surface area contributed by atoms with Gasteiger partial charge in [0.1, 0.15) is 0 Å². The minimum atomic E-state index is 0.154. The molecule has 0 spiro atoms. The Labute approximate surface area is 120 Å². The fourth-order valence-electron chi connectivity index (χ4n) is 3.08. The predicted molar refractivity (Wildman–Crippen MR) is 79.0 cm³/mol. The van der Waals surface area contributed by atoms with Crippen LogP contribution in [-0.2, 0) is 16.0 Å². The maximum Gasteiger partial charge on any atom is 0.242 e. The van der Waals surface area contributed by atoms with Crippen molar-refractivity contribution in [2.45, 2.75) is 25.9 Å². The number of hydrogen-bond donors (Lipinski definition) is 0. The number of rotatable bonds is 2. The SMILES string of the molecule is C[C@@H]1CN(C(=O)CN2CCCc3ccccc32)CCO1. The average molecular weight is 274 g/mol. The number of morpholine rings is 1. The largest absolute Gasteiger partial charge is 0.375 e. The van der Waals surface area contributed by atoms with Gasteiger partial charge in [0.2, 0.25) is 5.91 Å². The van der Waals surface area contributed by atoms with Crippen LogP contribution in [0.3, 0.4) is 0 Å². The lowest BCUT2D eigenvalue weighted by atomic mass is 10.0. The van der Waals surface area contributed by atoms with E-state index in [0.29, 0.717) is 19.7 Å². The highest BCUT2D eigenvalue weighted by atomic mass is 16.5. The summed E-state index contributed by atoms with van der Waals surface area (Å²) >= 11 is 0. The van der Waals surface area contributed by atoms with Crippen molar-refractivity contribution in [1.82, 2.24) is 4.90 Å². The monoisotopic (exact) mass is 274 g/mol. The Morgan fingerprint density at radius 2 is 2.20 bits per heavy atom. The van der Waals surface area contributed by atoms with Gasteiger partial charge in [-0.3, -0.25) is 4.79 Å². The van der Waals surface area contributed by atoms with Crippen LogP contribution in [0, 0.1) is 0 Å². The molecule has 20 heavy (non-hydrogen) atoms. The maximum absolute atomic E-state index is 12.5. The third kappa shape index (κ3) is 2.80. The molecule has 4 heteroatoms. The number of amides is 1. The van der Waals surface area contributed by atoms with Gasteiger partial charge in [-0.05, 0) is 31.4 Å². The number of anilines is 1. The fourth-order valence-corrected chi connectivity index (χ4v) is 3.08. The number of ether oxygens (including phenoxy) is 1. The highest BCUT2D eigenvalue weighted by molar-refractivity contribution is 5.82. The number of carbonyl (C=O) groups is 1. The summed E-state index contributed by atoms with van der Waals surface area (Å²) in [5.74, 6) is 0.219. The molecule has 2 aliphatic rings. The van der Waals surface area contributed by atoms with Crippen molar-refractivity contribution in [2.24, 2.45) is 0 Å². The number of benzene rings is 1. The summed E-state index contributed by atoms with van der Waals surface area (Å²) in [5.41, 5.74) is 2.59. The van der Waals surface area contributed by atoms with Crippen LogP contribution >= 0.6 is 0 Å². The predicted octanol–water partition coefficient (Wildman–Crippen LogP) is 1.69. The van der Waals surface area contributed by atoms with Crippen LogP contribution in [-0.4, -0.2) is 49.7 Å². The summed E-state index contributed by atoms with van der Waals surface area (Å²) in [7, 11) is 0. The van der Waals surface area contributed by atoms with Crippen molar-refractivity contribution in [3.63, 3.8) is 0 Å². The van der Waals surface area contributed by atoms with Gasteiger partial charge in [-0.25, -0.2) is 0 Å². The summed E-state index contributed by atoms with van der Waals surface area (Å²) in [5, 5.41) is 0. The first-order valence-electron chi connectivity index (χ1n) is 7.46. The van der Waals surface area contributed by atoms with Gasteiger partial charge in [-0.1, -0.05) is 18.2 Å². The minimum absolute atomic E-state index is 0.154. The minimum Gasteiger partial charge on any atom is -0.375 e. The van der Waals surface area contributed by atoms with Crippen LogP contribution in [0.15, 0.2) is 24.3 Å². The van der Waals surface area contributed by atoms with Crippen LogP contribution in [0.2, 0.25) is 0 Å². The second-order valence-corrected chi connectivity index (χ2v) is 5.67. The molecule has 0 N–H and O–H groups in total. The molecule has 108 valence electrons. The maximum atomic E-state index is 12.5. The second-order valence-electron chi connectivity index (χ2n) is 5.67. The summed E-state index contributed by atoms with van der Waals surface area (Å²) < 4.78 is 5.50. The topological polar surface area (TPSA) is 32.8 Å². The van der Waals surface area contributed by atoms with Crippen molar-refractivity contribution in [3.05, 3.63) is 29.8 Å². The first-order chi connectivity index (χ1) is 9.74. The highest BCUT2D eigenvalue weighted by Gasteiger charge is 2.25. The molecule has 2 aliphatic heterocycles. The molecule has 0 aliphatic carbocycles. The van der Waals surface area contributed by atoms with Crippen molar-refractivity contribution in [3.8, 4) is 0 Å². The Hall–Kier alpha value is -1.55. The average Bonchev–Trinajstić information content (AvgIpc) is 2.47.